The molecular formula is C15H23N5. The Morgan fingerprint density at radius 3 is 2.55 bits per heavy atom. The van der Waals surface area contributed by atoms with E-state index >= 15 is 0 Å². The molecule has 2 aromatic heterocycles. The zero-order chi connectivity index (χ0) is 14.8. The van der Waals surface area contributed by atoms with E-state index in [0.29, 0.717) is 0 Å². The fourth-order valence-electron chi connectivity index (χ4n) is 1.77. The van der Waals surface area contributed by atoms with E-state index in [-0.39, 0.29) is 5.41 Å². The zero-order valence-electron chi connectivity index (χ0n) is 12.9. The predicted octanol–water partition coefficient (Wildman–Crippen LogP) is 3.09. The maximum Gasteiger partial charge on any atom is 0.159 e. The van der Waals surface area contributed by atoms with Crippen LogP contribution in [-0.4, -0.2) is 26.3 Å². The van der Waals surface area contributed by atoms with Crippen molar-refractivity contribution in [2.24, 2.45) is 0 Å². The average Bonchev–Trinajstić information content (AvgIpc) is 2.82. The molecule has 0 aliphatic heterocycles. The van der Waals surface area contributed by atoms with Crippen molar-refractivity contribution < 1.29 is 0 Å². The molecule has 0 aliphatic carbocycles. The highest BCUT2D eigenvalue weighted by Gasteiger charge is 2.19. The van der Waals surface area contributed by atoms with Crippen LogP contribution in [0.1, 0.15) is 45.6 Å². The van der Waals surface area contributed by atoms with Crippen molar-refractivity contribution >= 4 is 5.82 Å². The van der Waals surface area contributed by atoms with Crippen LogP contribution in [0.4, 0.5) is 5.82 Å². The summed E-state index contributed by atoms with van der Waals surface area (Å²) in [4.78, 5) is 9.26. The van der Waals surface area contributed by atoms with Gasteiger partial charge in [0.25, 0.3) is 0 Å². The smallest absolute Gasteiger partial charge is 0.159 e. The van der Waals surface area contributed by atoms with Gasteiger partial charge in [0.1, 0.15) is 11.6 Å². The summed E-state index contributed by atoms with van der Waals surface area (Å²) in [6, 6.07) is 3.91. The molecule has 0 fully saturated rings. The first-order valence-corrected chi connectivity index (χ1v) is 7.06. The Bertz CT molecular complexity index is 580. The molecule has 2 aromatic rings. The van der Waals surface area contributed by atoms with Crippen LogP contribution >= 0.6 is 0 Å². The standard InChI is InChI=1S/C15H23N5/c1-6-8-16-12-10-13(20-9-7-11(2)19-20)18-14(17-12)15(3,4)5/h7,9-10H,6,8H2,1-5H3,(H,16,17,18). The number of aromatic nitrogens is 4. The summed E-state index contributed by atoms with van der Waals surface area (Å²) in [6.07, 6.45) is 2.98. The van der Waals surface area contributed by atoms with Crippen LogP contribution in [0.2, 0.25) is 0 Å². The normalized spacial score (nSPS) is 11.7. The SMILES string of the molecule is CCCNc1cc(-n2ccc(C)n2)nc(C(C)(C)C)n1. The maximum absolute atomic E-state index is 4.65. The molecule has 0 atom stereocenters. The van der Waals surface area contributed by atoms with Crippen molar-refractivity contribution in [3.8, 4) is 5.82 Å². The van der Waals surface area contributed by atoms with Crippen molar-refractivity contribution in [3.05, 3.63) is 29.8 Å². The fourth-order valence-corrected chi connectivity index (χ4v) is 1.77. The highest BCUT2D eigenvalue weighted by atomic mass is 15.3. The Kier molecular flexibility index (Phi) is 4.06. The first-order chi connectivity index (χ1) is 9.40. The van der Waals surface area contributed by atoms with Gasteiger partial charge in [0, 0.05) is 24.2 Å². The first kappa shape index (κ1) is 14.5. The van der Waals surface area contributed by atoms with Crippen LogP contribution in [0.15, 0.2) is 18.3 Å². The molecule has 0 saturated carbocycles. The summed E-state index contributed by atoms with van der Waals surface area (Å²) < 4.78 is 1.80. The third-order valence-electron chi connectivity index (χ3n) is 2.90. The van der Waals surface area contributed by atoms with Crippen LogP contribution in [0.5, 0.6) is 0 Å². The van der Waals surface area contributed by atoms with Crippen LogP contribution in [-0.2, 0) is 5.41 Å². The Morgan fingerprint density at radius 1 is 1.25 bits per heavy atom. The van der Waals surface area contributed by atoms with E-state index in [1.54, 1.807) is 4.68 Å². The lowest BCUT2D eigenvalue weighted by molar-refractivity contribution is 0.542. The van der Waals surface area contributed by atoms with E-state index in [4.69, 9.17) is 0 Å². The number of anilines is 1. The molecule has 108 valence electrons. The summed E-state index contributed by atoms with van der Waals surface area (Å²) in [5.74, 6) is 2.48. The molecule has 1 N–H and O–H groups in total. The number of hydrogen-bond donors (Lipinski definition) is 1. The van der Waals surface area contributed by atoms with Gasteiger partial charge in [-0.3, -0.25) is 0 Å². The molecule has 2 rings (SSSR count). The van der Waals surface area contributed by atoms with Gasteiger partial charge < -0.3 is 5.32 Å². The van der Waals surface area contributed by atoms with Gasteiger partial charge in [0.2, 0.25) is 0 Å². The molecule has 0 aliphatic rings. The molecule has 0 radical (unpaired) electrons. The third-order valence-corrected chi connectivity index (χ3v) is 2.90. The third kappa shape index (κ3) is 3.35. The van der Waals surface area contributed by atoms with E-state index in [2.05, 4.69) is 48.1 Å². The average molecular weight is 273 g/mol. The lowest BCUT2D eigenvalue weighted by Crippen LogP contribution is -2.19. The van der Waals surface area contributed by atoms with Crippen molar-refractivity contribution in [2.45, 2.75) is 46.5 Å². The zero-order valence-corrected chi connectivity index (χ0v) is 12.9. The van der Waals surface area contributed by atoms with E-state index in [0.717, 1.165) is 36.1 Å². The number of hydrogen-bond acceptors (Lipinski definition) is 4. The molecule has 0 bridgehead atoms. The van der Waals surface area contributed by atoms with Gasteiger partial charge in [0.05, 0.1) is 5.69 Å². The fraction of sp³-hybridized carbons (Fsp3) is 0.533. The van der Waals surface area contributed by atoms with Crippen molar-refractivity contribution in [1.29, 1.82) is 0 Å². The minimum absolute atomic E-state index is 0.0964. The molecule has 0 saturated heterocycles. The van der Waals surface area contributed by atoms with Gasteiger partial charge in [-0.2, -0.15) is 5.10 Å². The molecule has 0 unspecified atom stereocenters. The van der Waals surface area contributed by atoms with Crippen LogP contribution in [0.25, 0.3) is 5.82 Å². The van der Waals surface area contributed by atoms with Gasteiger partial charge in [0.15, 0.2) is 5.82 Å². The summed E-state index contributed by atoms with van der Waals surface area (Å²) in [6.45, 7) is 11.4. The molecule has 5 nitrogen and oxygen atoms in total. The lowest BCUT2D eigenvalue weighted by Gasteiger charge is -2.18. The van der Waals surface area contributed by atoms with Gasteiger partial charge in [-0.25, -0.2) is 14.6 Å². The number of aryl methyl sites for hydroxylation is 1. The maximum atomic E-state index is 4.65. The van der Waals surface area contributed by atoms with Gasteiger partial charge >= 0.3 is 0 Å². The molecule has 2 heterocycles. The highest BCUT2D eigenvalue weighted by molar-refractivity contribution is 5.42. The molecule has 0 aromatic carbocycles. The van der Waals surface area contributed by atoms with Crippen LogP contribution < -0.4 is 5.32 Å². The topological polar surface area (TPSA) is 55.6 Å². The van der Waals surface area contributed by atoms with E-state index in [1.807, 2.05) is 25.3 Å². The Labute approximate surface area is 120 Å². The minimum Gasteiger partial charge on any atom is -0.370 e. The van der Waals surface area contributed by atoms with Gasteiger partial charge in [-0.1, -0.05) is 27.7 Å². The Balaban J connectivity index is 2.45. The number of nitrogens with one attached hydrogen (secondary N) is 1. The van der Waals surface area contributed by atoms with E-state index < -0.39 is 0 Å². The Morgan fingerprint density at radius 2 is 2.00 bits per heavy atom. The molecule has 0 spiro atoms. The van der Waals surface area contributed by atoms with Gasteiger partial charge in [-0.15, -0.1) is 0 Å². The second kappa shape index (κ2) is 5.61. The quantitative estimate of drug-likeness (QED) is 0.930. The monoisotopic (exact) mass is 273 g/mol. The number of nitrogens with zero attached hydrogens (tertiary/aromatic N) is 4. The summed E-state index contributed by atoms with van der Waals surface area (Å²) >= 11 is 0. The summed E-state index contributed by atoms with van der Waals surface area (Å²) in [5.41, 5.74) is 0.880. The molecule has 20 heavy (non-hydrogen) atoms. The predicted molar refractivity (Wildman–Crippen MR) is 81.4 cm³/mol. The second-order valence-electron chi connectivity index (χ2n) is 6.01. The van der Waals surface area contributed by atoms with E-state index in [1.165, 1.54) is 0 Å². The largest absolute Gasteiger partial charge is 0.370 e. The molecular weight excluding hydrogens is 250 g/mol. The minimum atomic E-state index is -0.0964. The van der Waals surface area contributed by atoms with Crippen molar-refractivity contribution in [1.82, 2.24) is 19.7 Å². The van der Waals surface area contributed by atoms with Crippen molar-refractivity contribution in [2.75, 3.05) is 11.9 Å². The van der Waals surface area contributed by atoms with E-state index in [9.17, 15) is 0 Å². The Hall–Kier alpha value is -1.91. The van der Waals surface area contributed by atoms with Crippen LogP contribution in [0.3, 0.4) is 0 Å². The first-order valence-electron chi connectivity index (χ1n) is 7.06. The number of rotatable bonds is 4. The highest BCUT2D eigenvalue weighted by Crippen LogP contribution is 2.21. The molecule has 0 amide bonds. The van der Waals surface area contributed by atoms with Gasteiger partial charge in [-0.05, 0) is 19.4 Å². The summed E-state index contributed by atoms with van der Waals surface area (Å²) in [5, 5.41) is 7.76. The van der Waals surface area contributed by atoms with Crippen molar-refractivity contribution in [3.63, 3.8) is 0 Å². The summed E-state index contributed by atoms with van der Waals surface area (Å²) in [7, 11) is 0. The lowest BCUT2D eigenvalue weighted by atomic mass is 9.96. The van der Waals surface area contributed by atoms with Crippen LogP contribution in [0, 0.1) is 6.92 Å². The second-order valence-corrected chi connectivity index (χ2v) is 6.01. The molecule has 5 heteroatoms.